The van der Waals surface area contributed by atoms with Crippen LogP contribution in [0, 0.1) is 6.92 Å². The van der Waals surface area contributed by atoms with Crippen molar-refractivity contribution in [3.05, 3.63) is 42.5 Å². The van der Waals surface area contributed by atoms with Crippen LogP contribution in [0.25, 0.3) is 22.1 Å². The molecular formula is C22H25F2N5O2. The van der Waals surface area contributed by atoms with Crippen LogP contribution in [0.5, 0.6) is 0 Å². The second kappa shape index (κ2) is 9.38. The molecule has 2 N–H and O–H groups in total. The van der Waals surface area contributed by atoms with Crippen molar-refractivity contribution in [2.75, 3.05) is 31.8 Å². The van der Waals surface area contributed by atoms with E-state index in [4.69, 9.17) is 4.42 Å². The number of alkyl halides is 2. The number of rotatable bonds is 6. The number of carbonyl (C=O) groups excluding carboxylic acids is 1. The van der Waals surface area contributed by atoms with Crippen molar-refractivity contribution in [3.63, 3.8) is 0 Å². The van der Waals surface area contributed by atoms with E-state index in [1.165, 1.54) is 0 Å². The number of likely N-dealkylation sites (tertiary alicyclic amines) is 1. The molecule has 0 bridgehead atoms. The van der Waals surface area contributed by atoms with E-state index in [2.05, 4.69) is 20.6 Å². The number of amides is 2. The number of pyridine rings is 1. The smallest absolute Gasteiger partial charge is 0.323 e. The molecule has 0 saturated carbocycles. The quantitative estimate of drug-likeness (QED) is 0.617. The first-order chi connectivity index (χ1) is 15.1. The number of hydrogen-bond donors (Lipinski definition) is 2. The largest absolute Gasteiger partial charge is 0.441 e. The average Bonchev–Trinajstić information content (AvgIpc) is 3.23. The van der Waals surface area contributed by atoms with Gasteiger partial charge < -0.3 is 14.6 Å². The van der Waals surface area contributed by atoms with Crippen LogP contribution in [0.1, 0.15) is 18.7 Å². The minimum atomic E-state index is -0.766. The lowest BCUT2D eigenvalue weighted by atomic mass is 10.0. The SMILES string of the molecule is Cc1ncc(-c2ccc3cnc(NC(=O)N4CCC(NC(CF)CF)CC4)cc3c2)o1. The van der Waals surface area contributed by atoms with Gasteiger partial charge in [0.2, 0.25) is 0 Å². The van der Waals surface area contributed by atoms with Gasteiger partial charge in [-0.25, -0.2) is 23.5 Å². The van der Waals surface area contributed by atoms with Gasteiger partial charge in [-0.3, -0.25) is 5.32 Å². The summed E-state index contributed by atoms with van der Waals surface area (Å²) in [6.45, 7) is 1.35. The van der Waals surface area contributed by atoms with E-state index in [9.17, 15) is 13.6 Å². The summed E-state index contributed by atoms with van der Waals surface area (Å²) >= 11 is 0. The molecule has 1 aliphatic heterocycles. The Morgan fingerprint density at radius 1 is 1.16 bits per heavy atom. The highest BCUT2D eigenvalue weighted by Crippen LogP contribution is 2.26. The Bertz CT molecular complexity index is 1050. The molecule has 0 spiro atoms. The van der Waals surface area contributed by atoms with Gasteiger partial charge in [0.1, 0.15) is 19.2 Å². The molecular weight excluding hydrogens is 404 g/mol. The number of benzene rings is 1. The molecule has 0 radical (unpaired) electrons. The van der Waals surface area contributed by atoms with Gasteiger partial charge in [-0.05, 0) is 30.4 Å². The van der Waals surface area contributed by atoms with Crippen molar-refractivity contribution in [1.29, 1.82) is 0 Å². The summed E-state index contributed by atoms with van der Waals surface area (Å²) in [6.07, 6.45) is 4.69. The Balaban J connectivity index is 1.39. The maximum absolute atomic E-state index is 12.7. The first-order valence-electron chi connectivity index (χ1n) is 10.3. The summed E-state index contributed by atoms with van der Waals surface area (Å²) in [4.78, 5) is 22.8. The minimum Gasteiger partial charge on any atom is -0.441 e. The molecule has 1 aliphatic rings. The van der Waals surface area contributed by atoms with Crippen LogP contribution in [0.4, 0.5) is 19.4 Å². The fourth-order valence-corrected chi connectivity index (χ4v) is 3.76. The normalized spacial score (nSPS) is 15.0. The zero-order chi connectivity index (χ0) is 21.8. The van der Waals surface area contributed by atoms with Crippen molar-refractivity contribution >= 4 is 22.6 Å². The summed E-state index contributed by atoms with van der Waals surface area (Å²) in [7, 11) is 0. The molecule has 2 aromatic heterocycles. The Kier molecular flexibility index (Phi) is 6.41. The molecule has 4 rings (SSSR count). The highest BCUT2D eigenvalue weighted by atomic mass is 19.1. The van der Waals surface area contributed by atoms with Gasteiger partial charge in [-0.2, -0.15) is 0 Å². The Morgan fingerprint density at radius 3 is 2.61 bits per heavy atom. The van der Waals surface area contributed by atoms with Gasteiger partial charge in [0.25, 0.3) is 0 Å². The molecule has 3 aromatic rings. The van der Waals surface area contributed by atoms with Crippen LogP contribution < -0.4 is 10.6 Å². The minimum absolute atomic E-state index is 0.0116. The third-order valence-electron chi connectivity index (χ3n) is 5.49. The molecule has 0 aliphatic carbocycles. The summed E-state index contributed by atoms with van der Waals surface area (Å²) in [5, 5.41) is 7.68. The van der Waals surface area contributed by atoms with Crippen molar-refractivity contribution in [3.8, 4) is 11.3 Å². The van der Waals surface area contributed by atoms with Crippen LogP contribution in [0.2, 0.25) is 0 Å². The van der Waals surface area contributed by atoms with E-state index in [1.54, 1.807) is 24.2 Å². The molecule has 1 fully saturated rings. The fourth-order valence-electron chi connectivity index (χ4n) is 3.76. The van der Waals surface area contributed by atoms with Crippen molar-refractivity contribution in [2.45, 2.75) is 31.8 Å². The van der Waals surface area contributed by atoms with E-state index in [-0.39, 0.29) is 12.1 Å². The van der Waals surface area contributed by atoms with E-state index >= 15 is 0 Å². The summed E-state index contributed by atoms with van der Waals surface area (Å²) in [5.74, 6) is 1.74. The van der Waals surface area contributed by atoms with Gasteiger partial charge in [0, 0.05) is 43.2 Å². The van der Waals surface area contributed by atoms with Crippen molar-refractivity contribution < 1.29 is 18.0 Å². The molecule has 2 amide bonds. The monoisotopic (exact) mass is 429 g/mol. The number of urea groups is 1. The van der Waals surface area contributed by atoms with Crippen LogP contribution in [0.3, 0.4) is 0 Å². The maximum Gasteiger partial charge on any atom is 0.323 e. The van der Waals surface area contributed by atoms with Crippen LogP contribution >= 0.6 is 0 Å². The number of halogens is 2. The van der Waals surface area contributed by atoms with Crippen molar-refractivity contribution in [1.82, 2.24) is 20.2 Å². The number of piperidine rings is 1. The predicted octanol–water partition coefficient (Wildman–Crippen LogP) is 4.09. The maximum atomic E-state index is 12.7. The number of hydrogen-bond acceptors (Lipinski definition) is 5. The molecule has 164 valence electrons. The summed E-state index contributed by atoms with van der Waals surface area (Å²) < 4.78 is 31.0. The molecule has 31 heavy (non-hydrogen) atoms. The van der Waals surface area contributed by atoms with Crippen LogP contribution in [-0.2, 0) is 0 Å². The lowest BCUT2D eigenvalue weighted by Gasteiger charge is -2.33. The number of aryl methyl sites for hydroxylation is 1. The predicted molar refractivity (Wildman–Crippen MR) is 114 cm³/mol. The van der Waals surface area contributed by atoms with Crippen LogP contribution in [-0.4, -0.2) is 59.4 Å². The van der Waals surface area contributed by atoms with Gasteiger partial charge >= 0.3 is 6.03 Å². The zero-order valence-corrected chi connectivity index (χ0v) is 17.3. The second-order valence-electron chi connectivity index (χ2n) is 7.74. The summed E-state index contributed by atoms with van der Waals surface area (Å²) in [5.41, 5.74) is 0.894. The zero-order valence-electron chi connectivity index (χ0n) is 17.3. The van der Waals surface area contributed by atoms with Gasteiger partial charge in [0.05, 0.1) is 12.2 Å². The van der Waals surface area contributed by atoms with E-state index < -0.39 is 19.4 Å². The standard InChI is InChI=1S/C22H25F2N5O2/c1-14-25-13-20(31-14)15-2-3-16-12-26-21(9-17(16)8-15)28-22(30)29-6-4-18(5-7-29)27-19(10-23)11-24/h2-3,8-9,12-13,18-19,27H,4-7,10-11H2,1H3,(H,26,28,30). The molecule has 0 atom stereocenters. The Morgan fingerprint density at radius 2 is 1.94 bits per heavy atom. The molecule has 1 aromatic carbocycles. The number of nitrogens with zero attached hydrogens (tertiary/aromatic N) is 3. The Labute approximate surface area is 178 Å². The molecule has 0 unspecified atom stereocenters. The van der Waals surface area contributed by atoms with Gasteiger partial charge in [-0.1, -0.05) is 12.1 Å². The highest BCUT2D eigenvalue weighted by molar-refractivity contribution is 5.93. The van der Waals surface area contributed by atoms with Gasteiger partial charge in [-0.15, -0.1) is 0 Å². The lowest BCUT2D eigenvalue weighted by Crippen LogP contribution is -2.49. The number of anilines is 1. The molecule has 3 heterocycles. The number of nitrogens with one attached hydrogen (secondary N) is 2. The Hall–Kier alpha value is -3.07. The molecule has 7 nitrogen and oxygen atoms in total. The molecule has 9 heteroatoms. The van der Waals surface area contributed by atoms with Gasteiger partial charge in [0.15, 0.2) is 11.7 Å². The fraction of sp³-hybridized carbons (Fsp3) is 0.409. The number of fused-ring (bicyclic) bond motifs is 1. The van der Waals surface area contributed by atoms with E-state index in [0.29, 0.717) is 43.4 Å². The first kappa shape index (κ1) is 21.2. The number of carbonyl (C=O) groups is 1. The lowest BCUT2D eigenvalue weighted by molar-refractivity contribution is 0.179. The third kappa shape index (κ3) is 4.99. The number of oxazole rings is 1. The van der Waals surface area contributed by atoms with E-state index in [0.717, 1.165) is 16.3 Å². The van der Waals surface area contributed by atoms with Crippen LogP contribution in [0.15, 0.2) is 41.1 Å². The molecule has 1 saturated heterocycles. The second-order valence-corrected chi connectivity index (χ2v) is 7.74. The topological polar surface area (TPSA) is 83.3 Å². The number of aromatic nitrogens is 2. The highest BCUT2D eigenvalue weighted by Gasteiger charge is 2.24. The third-order valence-corrected chi connectivity index (χ3v) is 5.49. The van der Waals surface area contributed by atoms with E-state index in [1.807, 2.05) is 24.3 Å². The first-order valence-corrected chi connectivity index (χ1v) is 10.3. The summed E-state index contributed by atoms with van der Waals surface area (Å²) in [6, 6.07) is 6.69. The average molecular weight is 429 g/mol. The van der Waals surface area contributed by atoms with Crippen molar-refractivity contribution in [2.24, 2.45) is 0 Å².